The van der Waals surface area contributed by atoms with Crippen molar-refractivity contribution in [1.29, 1.82) is 0 Å². The quantitative estimate of drug-likeness (QED) is 0.825. The zero-order valence-corrected chi connectivity index (χ0v) is 10.8. The van der Waals surface area contributed by atoms with Gasteiger partial charge in [0.05, 0.1) is 11.5 Å². The first-order valence-corrected chi connectivity index (χ1v) is 8.44. The highest BCUT2D eigenvalue weighted by Gasteiger charge is 2.32. The standard InChI is InChI=1S/C9H11FN2O4S2/c10-8-2-1-4-11-9(8)18(15,16)12-7-3-5-17(13,14)6-7/h1-2,4,7,12H,3,5-6H2. The van der Waals surface area contributed by atoms with E-state index < -0.39 is 36.7 Å². The summed E-state index contributed by atoms with van der Waals surface area (Å²) in [6.07, 6.45) is 1.35. The summed E-state index contributed by atoms with van der Waals surface area (Å²) in [7, 11) is -7.33. The van der Waals surface area contributed by atoms with Crippen LogP contribution in [0.4, 0.5) is 4.39 Å². The molecule has 0 aromatic carbocycles. The number of halogens is 1. The fourth-order valence-corrected chi connectivity index (χ4v) is 4.79. The molecule has 18 heavy (non-hydrogen) atoms. The van der Waals surface area contributed by atoms with Crippen LogP contribution in [0.1, 0.15) is 6.42 Å². The van der Waals surface area contributed by atoms with E-state index in [1.165, 1.54) is 6.07 Å². The van der Waals surface area contributed by atoms with Crippen LogP contribution in [-0.2, 0) is 19.9 Å². The lowest BCUT2D eigenvalue weighted by molar-refractivity contribution is 0.533. The number of aromatic nitrogens is 1. The molecule has 1 aliphatic rings. The van der Waals surface area contributed by atoms with Gasteiger partial charge in [-0.3, -0.25) is 0 Å². The number of pyridine rings is 1. The van der Waals surface area contributed by atoms with Crippen molar-refractivity contribution >= 4 is 19.9 Å². The van der Waals surface area contributed by atoms with E-state index in [0.717, 1.165) is 12.3 Å². The molecule has 0 aliphatic carbocycles. The molecule has 6 nitrogen and oxygen atoms in total. The molecule has 1 saturated heterocycles. The van der Waals surface area contributed by atoms with E-state index in [1.54, 1.807) is 0 Å². The van der Waals surface area contributed by atoms with E-state index >= 15 is 0 Å². The molecule has 0 saturated carbocycles. The largest absolute Gasteiger partial charge is 0.261 e. The summed E-state index contributed by atoms with van der Waals surface area (Å²) in [5, 5.41) is -0.714. The Balaban J connectivity index is 2.22. The van der Waals surface area contributed by atoms with Crippen molar-refractivity contribution in [1.82, 2.24) is 9.71 Å². The minimum atomic E-state index is -4.13. The van der Waals surface area contributed by atoms with E-state index in [0.29, 0.717) is 0 Å². The minimum absolute atomic E-state index is 0.0646. The van der Waals surface area contributed by atoms with Crippen molar-refractivity contribution < 1.29 is 21.2 Å². The van der Waals surface area contributed by atoms with E-state index in [-0.39, 0.29) is 17.9 Å². The highest BCUT2D eigenvalue weighted by Crippen LogP contribution is 2.16. The van der Waals surface area contributed by atoms with Crippen LogP contribution in [-0.4, -0.2) is 39.4 Å². The number of hydrogen-bond donors (Lipinski definition) is 1. The molecule has 100 valence electrons. The first-order valence-electron chi connectivity index (χ1n) is 5.13. The third-order valence-corrected chi connectivity index (χ3v) is 5.75. The van der Waals surface area contributed by atoms with E-state index in [4.69, 9.17) is 0 Å². The summed E-state index contributed by atoms with van der Waals surface area (Å²) < 4.78 is 61.5. The molecule has 0 bridgehead atoms. The smallest absolute Gasteiger partial charge is 0.241 e. The van der Waals surface area contributed by atoms with Crippen molar-refractivity contribution in [2.45, 2.75) is 17.5 Å². The van der Waals surface area contributed by atoms with Gasteiger partial charge < -0.3 is 0 Å². The molecule has 1 unspecified atom stereocenters. The molecule has 1 aromatic rings. The van der Waals surface area contributed by atoms with Crippen LogP contribution in [0.2, 0.25) is 0 Å². The van der Waals surface area contributed by atoms with Gasteiger partial charge in [0, 0.05) is 12.2 Å². The van der Waals surface area contributed by atoms with Gasteiger partial charge in [-0.1, -0.05) is 0 Å². The van der Waals surface area contributed by atoms with Crippen LogP contribution < -0.4 is 4.72 Å². The van der Waals surface area contributed by atoms with Crippen LogP contribution in [0.3, 0.4) is 0 Å². The third kappa shape index (κ3) is 2.85. The molecule has 0 spiro atoms. The average Bonchev–Trinajstić information content (AvgIpc) is 2.57. The second-order valence-electron chi connectivity index (χ2n) is 4.01. The zero-order valence-electron chi connectivity index (χ0n) is 9.21. The molecule has 1 atom stereocenters. The van der Waals surface area contributed by atoms with Gasteiger partial charge in [0.15, 0.2) is 15.7 Å². The Hall–Kier alpha value is -1.06. The van der Waals surface area contributed by atoms with Crippen LogP contribution in [0.15, 0.2) is 23.4 Å². The third-order valence-electron chi connectivity index (χ3n) is 2.53. The summed E-state index contributed by atoms with van der Waals surface area (Å²) >= 11 is 0. The molecule has 1 aromatic heterocycles. The van der Waals surface area contributed by atoms with Gasteiger partial charge in [-0.05, 0) is 18.6 Å². The van der Waals surface area contributed by atoms with Crippen molar-refractivity contribution in [3.05, 3.63) is 24.1 Å². The molecule has 2 heterocycles. The predicted octanol–water partition coefficient (Wildman–Crippen LogP) is -0.314. The second kappa shape index (κ2) is 4.56. The van der Waals surface area contributed by atoms with Gasteiger partial charge in [-0.25, -0.2) is 30.9 Å². The van der Waals surface area contributed by atoms with Crippen LogP contribution in [0.25, 0.3) is 0 Å². The number of sulfone groups is 1. The lowest BCUT2D eigenvalue weighted by atomic mass is 10.3. The fraction of sp³-hybridized carbons (Fsp3) is 0.444. The van der Waals surface area contributed by atoms with Crippen LogP contribution >= 0.6 is 0 Å². The summed E-state index contributed by atoms with van der Waals surface area (Å²) in [4.78, 5) is 3.45. The van der Waals surface area contributed by atoms with Crippen molar-refractivity contribution in [3.63, 3.8) is 0 Å². The molecule has 1 fully saturated rings. The maximum absolute atomic E-state index is 13.3. The van der Waals surface area contributed by atoms with Gasteiger partial charge in [0.25, 0.3) is 10.0 Å². The number of hydrogen-bond acceptors (Lipinski definition) is 5. The number of nitrogens with zero attached hydrogens (tertiary/aromatic N) is 1. The molecule has 2 rings (SSSR count). The Kier molecular flexibility index (Phi) is 3.39. The maximum Gasteiger partial charge on any atom is 0.261 e. The van der Waals surface area contributed by atoms with Crippen LogP contribution in [0.5, 0.6) is 0 Å². The minimum Gasteiger partial charge on any atom is -0.241 e. The van der Waals surface area contributed by atoms with Gasteiger partial charge in [-0.2, -0.15) is 0 Å². The molecule has 9 heteroatoms. The SMILES string of the molecule is O=S1(=O)CCC(NS(=O)(=O)c2ncccc2F)C1. The van der Waals surface area contributed by atoms with E-state index in [2.05, 4.69) is 9.71 Å². The molecule has 0 radical (unpaired) electrons. The van der Waals surface area contributed by atoms with Crippen LogP contribution in [0, 0.1) is 5.82 Å². The normalized spacial score (nSPS) is 23.1. The summed E-state index contributed by atoms with van der Waals surface area (Å²) in [5.41, 5.74) is 0. The second-order valence-corrected chi connectivity index (χ2v) is 7.87. The fourth-order valence-electron chi connectivity index (χ4n) is 1.73. The Bertz CT molecular complexity index is 657. The lowest BCUT2D eigenvalue weighted by Crippen LogP contribution is -2.36. The summed E-state index contributed by atoms with van der Waals surface area (Å²) in [5.74, 6) is -1.29. The molecular weight excluding hydrogens is 283 g/mol. The van der Waals surface area contributed by atoms with Crippen molar-refractivity contribution in [2.24, 2.45) is 0 Å². The number of nitrogens with one attached hydrogen (secondary N) is 1. The lowest BCUT2D eigenvalue weighted by Gasteiger charge is -2.11. The Morgan fingerprint density at radius 3 is 2.72 bits per heavy atom. The van der Waals surface area contributed by atoms with E-state index in [9.17, 15) is 21.2 Å². The van der Waals surface area contributed by atoms with Gasteiger partial charge >= 0.3 is 0 Å². The zero-order chi connectivity index (χ0) is 13.4. The Morgan fingerprint density at radius 1 is 1.44 bits per heavy atom. The summed E-state index contributed by atoms with van der Waals surface area (Å²) in [6.45, 7) is 0. The first kappa shape index (κ1) is 13.4. The Labute approximate surface area is 104 Å². The van der Waals surface area contributed by atoms with Crippen molar-refractivity contribution in [2.75, 3.05) is 11.5 Å². The molecular formula is C9H11FN2O4S2. The number of sulfonamides is 1. The van der Waals surface area contributed by atoms with Gasteiger partial charge in [-0.15, -0.1) is 0 Å². The summed E-state index contributed by atoms with van der Waals surface area (Å²) in [6, 6.07) is 1.53. The molecule has 1 N–H and O–H groups in total. The van der Waals surface area contributed by atoms with Crippen molar-refractivity contribution in [3.8, 4) is 0 Å². The Morgan fingerprint density at radius 2 is 2.17 bits per heavy atom. The maximum atomic E-state index is 13.3. The van der Waals surface area contributed by atoms with Gasteiger partial charge in [0.1, 0.15) is 0 Å². The monoisotopic (exact) mass is 294 g/mol. The molecule has 1 aliphatic heterocycles. The van der Waals surface area contributed by atoms with Gasteiger partial charge in [0.2, 0.25) is 5.03 Å². The predicted molar refractivity (Wildman–Crippen MR) is 61.6 cm³/mol. The highest BCUT2D eigenvalue weighted by molar-refractivity contribution is 7.92. The highest BCUT2D eigenvalue weighted by atomic mass is 32.2. The average molecular weight is 294 g/mol. The number of rotatable bonds is 3. The first-order chi connectivity index (χ1) is 8.30. The topological polar surface area (TPSA) is 93.2 Å². The van der Waals surface area contributed by atoms with E-state index in [1.807, 2.05) is 0 Å². The molecule has 0 amide bonds.